The second kappa shape index (κ2) is 12.1. The highest BCUT2D eigenvalue weighted by molar-refractivity contribution is 5.92. The summed E-state index contributed by atoms with van der Waals surface area (Å²) in [4.78, 5) is 55.3. The number of ether oxygens (including phenoxy) is 1. The van der Waals surface area contributed by atoms with E-state index in [2.05, 4.69) is 16.7 Å². The summed E-state index contributed by atoms with van der Waals surface area (Å²) in [6, 6.07) is 1.48. The van der Waals surface area contributed by atoms with Gasteiger partial charge in [0.05, 0.1) is 6.07 Å². The highest BCUT2D eigenvalue weighted by atomic mass is 16.6. The molecule has 4 fully saturated rings. The maximum atomic E-state index is 13.7. The number of piperidine rings is 1. The van der Waals surface area contributed by atoms with Crippen LogP contribution in [0.3, 0.4) is 0 Å². The lowest BCUT2D eigenvalue weighted by molar-refractivity contribution is -0.140. The van der Waals surface area contributed by atoms with E-state index in [-0.39, 0.29) is 29.6 Å². The second-order valence-corrected chi connectivity index (χ2v) is 12.9. The molecule has 10 nitrogen and oxygen atoms in total. The smallest absolute Gasteiger partial charge is 0.411 e. The van der Waals surface area contributed by atoms with Crippen LogP contribution in [0.2, 0.25) is 0 Å². The van der Waals surface area contributed by atoms with Crippen molar-refractivity contribution in [2.75, 3.05) is 26.2 Å². The van der Waals surface area contributed by atoms with Crippen LogP contribution in [0.5, 0.6) is 0 Å². The summed E-state index contributed by atoms with van der Waals surface area (Å²) in [6.07, 6.45) is 8.00. The summed E-state index contributed by atoms with van der Waals surface area (Å²) >= 11 is 0. The van der Waals surface area contributed by atoms with Gasteiger partial charge < -0.3 is 20.3 Å². The Hall–Kier alpha value is -2.83. The zero-order valence-electron chi connectivity index (χ0n) is 23.8. The minimum Gasteiger partial charge on any atom is -0.444 e. The summed E-state index contributed by atoms with van der Waals surface area (Å²) in [7, 11) is 0. The molecule has 1 aliphatic carbocycles. The van der Waals surface area contributed by atoms with Gasteiger partial charge in [0.1, 0.15) is 17.2 Å². The fourth-order valence-electron chi connectivity index (χ4n) is 6.37. The number of nitrogens with zero attached hydrogens (tertiary/aromatic N) is 3. The molecule has 4 atom stereocenters. The van der Waals surface area contributed by atoms with Crippen LogP contribution < -0.4 is 10.6 Å². The Labute approximate surface area is 232 Å². The van der Waals surface area contributed by atoms with Gasteiger partial charge in [0.15, 0.2) is 0 Å². The number of hydrogen-bond donors (Lipinski definition) is 2. The first-order chi connectivity index (χ1) is 18.5. The van der Waals surface area contributed by atoms with E-state index in [1.807, 2.05) is 25.7 Å². The van der Waals surface area contributed by atoms with Crippen LogP contribution in [-0.4, -0.2) is 77.0 Å². The molecule has 39 heavy (non-hydrogen) atoms. The third-order valence-corrected chi connectivity index (χ3v) is 8.65. The number of likely N-dealkylation sites (tertiary alicyclic amines) is 2. The van der Waals surface area contributed by atoms with E-state index in [9.17, 15) is 24.4 Å². The van der Waals surface area contributed by atoms with E-state index in [1.165, 1.54) is 0 Å². The van der Waals surface area contributed by atoms with Crippen molar-refractivity contribution in [3.05, 3.63) is 0 Å². The van der Waals surface area contributed by atoms with Crippen LogP contribution in [0.15, 0.2) is 0 Å². The van der Waals surface area contributed by atoms with Gasteiger partial charge in [0.25, 0.3) is 0 Å². The fraction of sp³-hybridized carbons (Fsp3) is 0.828. The Bertz CT molecular complexity index is 984. The maximum absolute atomic E-state index is 13.7. The lowest BCUT2D eigenvalue weighted by atomic mass is 9.85. The molecule has 0 aromatic heterocycles. The van der Waals surface area contributed by atoms with Gasteiger partial charge >= 0.3 is 6.09 Å². The minimum absolute atomic E-state index is 0.00404. The number of rotatable bonds is 10. The van der Waals surface area contributed by atoms with Crippen LogP contribution in [0.4, 0.5) is 4.79 Å². The van der Waals surface area contributed by atoms with Crippen molar-refractivity contribution in [1.29, 1.82) is 5.26 Å². The molecule has 0 aromatic rings. The first kappa shape index (κ1) is 29.2. The predicted octanol–water partition coefficient (Wildman–Crippen LogP) is 3.11. The van der Waals surface area contributed by atoms with Crippen LogP contribution in [0, 0.1) is 29.1 Å². The van der Waals surface area contributed by atoms with Crippen molar-refractivity contribution in [2.24, 2.45) is 17.8 Å². The van der Waals surface area contributed by atoms with Gasteiger partial charge in [-0.25, -0.2) is 4.79 Å². The van der Waals surface area contributed by atoms with E-state index < -0.39 is 23.3 Å². The molecule has 3 saturated heterocycles. The van der Waals surface area contributed by atoms with E-state index >= 15 is 0 Å². The van der Waals surface area contributed by atoms with Crippen molar-refractivity contribution in [1.82, 2.24) is 20.4 Å². The molecule has 216 valence electrons. The molecule has 4 rings (SSSR count). The average Bonchev–Trinajstić information content (AvgIpc) is 3.54. The van der Waals surface area contributed by atoms with Gasteiger partial charge in [-0.2, -0.15) is 5.26 Å². The van der Waals surface area contributed by atoms with Gasteiger partial charge in [-0.3, -0.25) is 19.3 Å². The maximum Gasteiger partial charge on any atom is 0.411 e. The molecule has 2 unspecified atom stereocenters. The minimum atomic E-state index is -0.822. The highest BCUT2D eigenvalue weighted by Crippen LogP contribution is 2.39. The second-order valence-electron chi connectivity index (χ2n) is 12.9. The Morgan fingerprint density at radius 1 is 1.15 bits per heavy atom. The van der Waals surface area contributed by atoms with Gasteiger partial charge in [-0.15, -0.1) is 0 Å². The lowest BCUT2D eigenvalue weighted by Crippen LogP contribution is -2.59. The molecular formula is C29H45N5O5. The Kier molecular flexibility index (Phi) is 9.07. The molecule has 3 heterocycles. The SMILES string of the molecule is CC(C)(C)OC(=O)N1CCCCC12CCN(CCCC(CC1CC1)C(=O)N[C@H](C#N)C[C@@H]1CCNC1=O)C2=O. The highest BCUT2D eigenvalue weighted by Gasteiger charge is 2.54. The van der Waals surface area contributed by atoms with Crippen molar-refractivity contribution in [3.8, 4) is 6.07 Å². The van der Waals surface area contributed by atoms with E-state index in [0.717, 1.165) is 32.1 Å². The molecule has 1 saturated carbocycles. The summed E-state index contributed by atoms with van der Waals surface area (Å²) in [5, 5.41) is 15.3. The zero-order chi connectivity index (χ0) is 28.2. The van der Waals surface area contributed by atoms with Crippen LogP contribution in [-0.2, 0) is 19.1 Å². The van der Waals surface area contributed by atoms with Gasteiger partial charge in [-0.1, -0.05) is 12.8 Å². The largest absolute Gasteiger partial charge is 0.444 e. The summed E-state index contributed by atoms with van der Waals surface area (Å²) in [6.45, 7) is 7.79. The summed E-state index contributed by atoms with van der Waals surface area (Å²) in [5.74, 6) is -0.0793. The van der Waals surface area contributed by atoms with Crippen molar-refractivity contribution in [2.45, 2.75) is 109 Å². The van der Waals surface area contributed by atoms with Crippen molar-refractivity contribution < 1.29 is 23.9 Å². The predicted molar refractivity (Wildman–Crippen MR) is 144 cm³/mol. The van der Waals surface area contributed by atoms with E-state index in [1.54, 1.807) is 4.90 Å². The first-order valence-corrected chi connectivity index (χ1v) is 14.8. The zero-order valence-corrected chi connectivity index (χ0v) is 23.8. The number of hydrogen-bond acceptors (Lipinski definition) is 6. The normalized spacial score (nSPS) is 26.8. The Balaban J connectivity index is 1.32. The van der Waals surface area contributed by atoms with Crippen molar-refractivity contribution >= 4 is 23.8 Å². The van der Waals surface area contributed by atoms with Crippen LogP contribution >= 0.6 is 0 Å². The molecule has 0 radical (unpaired) electrons. The molecule has 4 aliphatic rings. The molecule has 3 aliphatic heterocycles. The fourth-order valence-corrected chi connectivity index (χ4v) is 6.37. The monoisotopic (exact) mass is 543 g/mol. The third-order valence-electron chi connectivity index (χ3n) is 8.65. The van der Waals surface area contributed by atoms with Gasteiger partial charge in [0.2, 0.25) is 17.7 Å². The van der Waals surface area contributed by atoms with Crippen LogP contribution in [0.1, 0.15) is 91.4 Å². The quantitative estimate of drug-likeness (QED) is 0.435. The Morgan fingerprint density at radius 3 is 2.56 bits per heavy atom. The Morgan fingerprint density at radius 2 is 1.92 bits per heavy atom. The number of nitrogens with one attached hydrogen (secondary N) is 2. The molecule has 2 N–H and O–H groups in total. The molecule has 4 amide bonds. The molecular weight excluding hydrogens is 498 g/mol. The number of carbonyl (C=O) groups excluding carboxylic acids is 4. The van der Waals surface area contributed by atoms with Gasteiger partial charge in [-0.05, 0) is 84.5 Å². The van der Waals surface area contributed by atoms with Crippen LogP contribution in [0.25, 0.3) is 0 Å². The molecule has 0 aromatic carbocycles. The standard InChI is InChI=1S/C29H45N5O5/c1-28(2,3)39-27(38)34-15-5-4-11-29(34)12-16-33(26(29)37)14-6-7-21(17-20-8-9-20)25(36)32-23(19-30)18-22-10-13-31-24(22)35/h20-23H,4-18H2,1-3H3,(H,31,35)(H,32,36)/t21?,22-,23-,29?/m0/s1. The summed E-state index contributed by atoms with van der Waals surface area (Å²) in [5.41, 5.74) is -1.44. The topological polar surface area (TPSA) is 132 Å². The molecule has 1 spiro atoms. The third kappa shape index (κ3) is 7.23. The average molecular weight is 544 g/mol. The van der Waals surface area contributed by atoms with E-state index in [4.69, 9.17) is 4.74 Å². The molecule has 0 bridgehead atoms. The number of nitriles is 1. The molecule has 10 heteroatoms. The number of carbonyl (C=O) groups is 4. The van der Waals surface area contributed by atoms with E-state index in [0.29, 0.717) is 70.6 Å². The van der Waals surface area contributed by atoms with Crippen molar-refractivity contribution in [3.63, 3.8) is 0 Å². The lowest BCUT2D eigenvalue weighted by Gasteiger charge is -2.43. The first-order valence-electron chi connectivity index (χ1n) is 14.8. The van der Waals surface area contributed by atoms with Gasteiger partial charge in [0, 0.05) is 38.0 Å². The summed E-state index contributed by atoms with van der Waals surface area (Å²) < 4.78 is 5.64. The number of amides is 4.